The average Bonchev–Trinajstić information content (AvgIpc) is 2.31. The quantitative estimate of drug-likeness (QED) is 0.443. The normalized spacial score (nSPS) is 44.7. The minimum atomic E-state index is -1.57. The summed E-state index contributed by atoms with van der Waals surface area (Å²) in [6.07, 6.45) is -2.02. The van der Waals surface area contributed by atoms with Gasteiger partial charge in [-0.05, 0) is 0 Å². The molecule has 3 atom stereocenters. The maximum absolute atomic E-state index is 9.37. The van der Waals surface area contributed by atoms with E-state index in [1.54, 1.807) is 0 Å². The van der Waals surface area contributed by atoms with Crippen molar-refractivity contribution in [2.45, 2.75) is 18.0 Å². The molecule has 0 aromatic heterocycles. The number of ether oxygens (including phenoxy) is 2. The molecule has 0 aromatic rings. The predicted octanol–water partition coefficient (Wildman–Crippen LogP) is -1.93. The lowest BCUT2D eigenvalue weighted by molar-refractivity contribution is -0.146. The van der Waals surface area contributed by atoms with Gasteiger partial charge in [-0.2, -0.15) is 0 Å². The first-order valence-electron chi connectivity index (χ1n) is 3.30. The summed E-state index contributed by atoms with van der Waals surface area (Å²) in [4.78, 5) is 0. The Balaban J connectivity index is 2.61. The highest BCUT2D eigenvalue weighted by molar-refractivity contribution is 4.93. The third kappa shape index (κ3) is 1.38. The molecule has 11 heavy (non-hydrogen) atoms. The highest BCUT2D eigenvalue weighted by Crippen LogP contribution is 2.24. The Morgan fingerprint density at radius 3 is 2.64 bits per heavy atom. The van der Waals surface area contributed by atoms with Crippen molar-refractivity contribution in [3.8, 4) is 0 Å². The van der Waals surface area contributed by atoms with Gasteiger partial charge in [-0.3, -0.25) is 0 Å². The predicted molar refractivity (Wildman–Crippen MR) is 34.8 cm³/mol. The molecule has 1 aliphatic rings. The number of aliphatic hydroxyl groups is 3. The summed E-state index contributed by atoms with van der Waals surface area (Å²) in [7, 11) is 1.36. The van der Waals surface area contributed by atoms with Crippen LogP contribution in [0.1, 0.15) is 0 Å². The number of rotatable bonds is 2. The smallest absolute Gasteiger partial charge is 0.186 e. The number of hydrogen-bond donors (Lipinski definition) is 3. The molecule has 1 saturated heterocycles. The van der Waals surface area contributed by atoms with Crippen LogP contribution >= 0.6 is 0 Å². The van der Waals surface area contributed by atoms with Gasteiger partial charge in [0.25, 0.3) is 0 Å². The highest BCUT2D eigenvalue weighted by Gasteiger charge is 2.47. The fraction of sp³-hybridized carbons (Fsp3) is 1.00. The number of methoxy groups -OCH3 is 1. The fourth-order valence-corrected chi connectivity index (χ4v) is 0.992. The van der Waals surface area contributed by atoms with Crippen LogP contribution in [0.4, 0.5) is 0 Å². The molecular weight excluding hydrogens is 152 g/mol. The van der Waals surface area contributed by atoms with Gasteiger partial charge in [-0.25, -0.2) is 0 Å². The van der Waals surface area contributed by atoms with Crippen molar-refractivity contribution < 1.29 is 24.8 Å². The van der Waals surface area contributed by atoms with Gasteiger partial charge in [0.2, 0.25) is 0 Å². The van der Waals surface area contributed by atoms with Gasteiger partial charge in [0.15, 0.2) is 6.29 Å². The first-order chi connectivity index (χ1) is 5.14. The highest BCUT2D eigenvalue weighted by atomic mass is 16.7. The van der Waals surface area contributed by atoms with E-state index in [0.29, 0.717) is 0 Å². The maximum Gasteiger partial charge on any atom is 0.186 e. The molecule has 66 valence electrons. The SMILES string of the molecule is COC1OCC(O)(CO)C1O. The molecular formula is C6H12O5. The minimum absolute atomic E-state index is 0.108. The molecule has 0 spiro atoms. The van der Waals surface area contributed by atoms with Crippen LogP contribution in [-0.4, -0.2) is 53.6 Å². The van der Waals surface area contributed by atoms with Crippen LogP contribution in [0, 0.1) is 0 Å². The van der Waals surface area contributed by atoms with Crippen LogP contribution < -0.4 is 0 Å². The van der Waals surface area contributed by atoms with E-state index in [9.17, 15) is 10.2 Å². The van der Waals surface area contributed by atoms with Crippen molar-refractivity contribution in [1.82, 2.24) is 0 Å². The molecule has 1 heterocycles. The molecule has 0 radical (unpaired) electrons. The summed E-state index contributed by atoms with van der Waals surface area (Å²) >= 11 is 0. The Morgan fingerprint density at radius 1 is 1.73 bits per heavy atom. The van der Waals surface area contributed by atoms with Crippen molar-refractivity contribution >= 4 is 0 Å². The molecule has 3 unspecified atom stereocenters. The molecule has 1 rings (SSSR count). The van der Waals surface area contributed by atoms with Gasteiger partial charge < -0.3 is 24.8 Å². The third-order valence-electron chi connectivity index (χ3n) is 1.81. The Bertz CT molecular complexity index is 139. The zero-order valence-electron chi connectivity index (χ0n) is 6.23. The molecule has 0 aromatic carbocycles. The lowest BCUT2D eigenvalue weighted by Gasteiger charge is -2.22. The summed E-state index contributed by atoms with van der Waals surface area (Å²) < 4.78 is 9.52. The lowest BCUT2D eigenvalue weighted by Crippen LogP contribution is -2.47. The van der Waals surface area contributed by atoms with Gasteiger partial charge >= 0.3 is 0 Å². The van der Waals surface area contributed by atoms with Crippen molar-refractivity contribution in [2.24, 2.45) is 0 Å². The van der Waals surface area contributed by atoms with Crippen molar-refractivity contribution in [1.29, 1.82) is 0 Å². The van der Waals surface area contributed by atoms with Gasteiger partial charge in [-0.15, -0.1) is 0 Å². The number of hydrogen-bond acceptors (Lipinski definition) is 5. The van der Waals surface area contributed by atoms with Gasteiger partial charge in [0.1, 0.15) is 11.7 Å². The van der Waals surface area contributed by atoms with Crippen molar-refractivity contribution in [2.75, 3.05) is 20.3 Å². The summed E-state index contributed by atoms with van der Waals surface area (Å²) in [5, 5.41) is 27.3. The molecule has 5 heteroatoms. The number of aliphatic hydroxyl groups excluding tert-OH is 2. The van der Waals surface area contributed by atoms with Crippen molar-refractivity contribution in [3.05, 3.63) is 0 Å². The molecule has 1 aliphatic heterocycles. The molecule has 3 N–H and O–H groups in total. The molecule has 5 nitrogen and oxygen atoms in total. The monoisotopic (exact) mass is 164 g/mol. The van der Waals surface area contributed by atoms with E-state index in [1.807, 2.05) is 0 Å². The summed E-state index contributed by atoms with van der Waals surface area (Å²) in [6, 6.07) is 0. The fourth-order valence-electron chi connectivity index (χ4n) is 0.992. The Hall–Kier alpha value is -0.200. The van der Waals surface area contributed by atoms with E-state index in [2.05, 4.69) is 4.74 Å². The maximum atomic E-state index is 9.37. The third-order valence-corrected chi connectivity index (χ3v) is 1.81. The molecule has 0 aliphatic carbocycles. The van der Waals surface area contributed by atoms with Gasteiger partial charge in [-0.1, -0.05) is 0 Å². The molecule has 0 amide bonds. The molecule has 0 bridgehead atoms. The molecule has 1 fully saturated rings. The van der Waals surface area contributed by atoms with Crippen LogP contribution in [0.3, 0.4) is 0 Å². The summed E-state index contributed by atoms with van der Waals surface area (Å²) in [6.45, 7) is -0.642. The Labute approximate surface area is 64.2 Å². The van der Waals surface area contributed by atoms with E-state index < -0.39 is 24.6 Å². The van der Waals surface area contributed by atoms with Crippen molar-refractivity contribution in [3.63, 3.8) is 0 Å². The minimum Gasteiger partial charge on any atom is -0.393 e. The second-order valence-corrected chi connectivity index (χ2v) is 2.62. The van der Waals surface area contributed by atoms with Crippen LogP contribution in [0.2, 0.25) is 0 Å². The average molecular weight is 164 g/mol. The standard InChI is InChI=1S/C6H12O5/c1-10-5-4(8)6(9,2-7)3-11-5/h4-5,7-9H,2-3H2,1H3. The summed E-state index contributed by atoms with van der Waals surface area (Å²) in [5.74, 6) is 0. The van der Waals surface area contributed by atoms with E-state index in [1.165, 1.54) is 7.11 Å². The van der Waals surface area contributed by atoms with E-state index in [-0.39, 0.29) is 6.61 Å². The first-order valence-corrected chi connectivity index (χ1v) is 3.30. The first kappa shape index (κ1) is 8.89. The van der Waals surface area contributed by atoms with Gasteiger partial charge in [0, 0.05) is 7.11 Å². The van der Waals surface area contributed by atoms with Crippen LogP contribution in [0.5, 0.6) is 0 Å². The second-order valence-electron chi connectivity index (χ2n) is 2.62. The largest absolute Gasteiger partial charge is 0.393 e. The van der Waals surface area contributed by atoms with Crippen LogP contribution in [0.15, 0.2) is 0 Å². The Kier molecular flexibility index (Phi) is 2.46. The van der Waals surface area contributed by atoms with E-state index in [0.717, 1.165) is 0 Å². The lowest BCUT2D eigenvalue weighted by atomic mass is 10.0. The second kappa shape index (κ2) is 3.04. The molecule has 0 saturated carbocycles. The topological polar surface area (TPSA) is 79.2 Å². The Morgan fingerprint density at radius 2 is 2.36 bits per heavy atom. The zero-order chi connectivity index (χ0) is 8.48. The van der Waals surface area contributed by atoms with Gasteiger partial charge in [0.05, 0.1) is 13.2 Å². The van der Waals surface area contributed by atoms with Crippen LogP contribution in [-0.2, 0) is 9.47 Å². The van der Waals surface area contributed by atoms with E-state index >= 15 is 0 Å². The van der Waals surface area contributed by atoms with E-state index in [4.69, 9.17) is 9.84 Å². The summed E-state index contributed by atoms with van der Waals surface area (Å²) in [5.41, 5.74) is -1.57. The zero-order valence-corrected chi connectivity index (χ0v) is 6.23. The van der Waals surface area contributed by atoms with Crippen LogP contribution in [0.25, 0.3) is 0 Å².